The van der Waals surface area contributed by atoms with Gasteiger partial charge in [-0.05, 0) is 61.6 Å². The lowest BCUT2D eigenvalue weighted by Gasteiger charge is -2.16. The molecule has 0 saturated carbocycles. The second-order valence-electron chi connectivity index (χ2n) is 6.05. The van der Waals surface area contributed by atoms with Gasteiger partial charge in [0.05, 0.1) is 19.1 Å². The summed E-state index contributed by atoms with van der Waals surface area (Å²) in [5.41, 5.74) is 2.69. The van der Waals surface area contributed by atoms with Crippen LogP contribution in [0.2, 0.25) is 0 Å². The van der Waals surface area contributed by atoms with Crippen LogP contribution in [-0.4, -0.2) is 24.3 Å². The van der Waals surface area contributed by atoms with Crippen LogP contribution in [0, 0.1) is 6.92 Å². The molecule has 0 bridgehead atoms. The van der Waals surface area contributed by atoms with E-state index in [2.05, 4.69) is 6.92 Å². The minimum Gasteiger partial charge on any atom is -0.494 e. The number of carbonyl (C=O) groups is 1. The van der Waals surface area contributed by atoms with Crippen molar-refractivity contribution in [1.82, 2.24) is 0 Å². The first kappa shape index (κ1) is 18.8. The lowest BCUT2D eigenvalue weighted by Crippen LogP contribution is -2.15. The molecule has 0 saturated heterocycles. The van der Waals surface area contributed by atoms with E-state index < -0.39 is 11.9 Å². The molecular formula is C21H26O4. The minimum absolute atomic E-state index is 0.423. The third kappa shape index (κ3) is 5.24. The van der Waals surface area contributed by atoms with Crippen LogP contribution in [0.4, 0.5) is 0 Å². The first-order valence-corrected chi connectivity index (χ1v) is 8.73. The molecule has 134 valence electrons. The molecule has 2 rings (SSSR count). The van der Waals surface area contributed by atoms with E-state index in [9.17, 15) is 9.90 Å². The van der Waals surface area contributed by atoms with Crippen molar-refractivity contribution < 1.29 is 19.4 Å². The highest BCUT2D eigenvalue weighted by Crippen LogP contribution is 2.28. The Balaban J connectivity index is 2.21. The average Bonchev–Trinajstić information content (AvgIpc) is 2.60. The summed E-state index contributed by atoms with van der Waals surface area (Å²) in [5, 5.41) is 9.70. The van der Waals surface area contributed by atoms with Crippen molar-refractivity contribution in [1.29, 1.82) is 0 Å². The van der Waals surface area contributed by atoms with Crippen molar-refractivity contribution in [3.8, 4) is 11.5 Å². The number of hydrogen-bond acceptors (Lipinski definition) is 3. The molecule has 4 heteroatoms. The Morgan fingerprint density at radius 2 is 1.92 bits per heavy atom. The van der Waals surface area contributed by atoms with Crippen LogP contribution in [0.3, 0.4) is 0 Å². The van der Waals surface area contributed by atoms with Crippen LogP contribution in [-0.2, 0) is 11.2 Å². The number of rotatable bonds is 9. The van der Waals surface area contributed by atoms with E-state index in [1.54, 1.807) is 0 Å². The molecule has 25 heavy (non-hydrogen) atoms. The third-order valence-electron chi connectivity index (χ3n) is 4.01. The monoisotopic (exact) mass is 342 g/mol. The molecule has 1 N–H and O–H groups in total. The number of aryl methyl sites for hydroxylation is 1. The molecule has 4 nitrogen and oxygen atoms in total. The van der Waals surface area contributed by atoms with E-state index in [1.165, 1.54) is 0 Å². The molecule has 0 spiro atoms. The first-order chi connectivity index (χ1) is 12.0. The highest BCUT2D eigenvalue weighted by Gasteiger charge is 2.21. The zero-order valence-corrected chi connectivity index (χ0v) is 15.1. The molecule has 0 heterocycles. The van der Waals surface area contributed by atoms with E-state index in [1.807, 2.05) is 56.3 Å². The SMILES string of the molecule is CCCOc1cccc(CC(C(=O)O)c2ccc(OCC)c(C)c2)c1. The van der Waals surface area contributed by atoms with E-state index in [4.69, 9.17) is 9.47 Å². The second-order valence-corrected chi connectivity index (χ2v) is 6.05. The lowest BCUT2D eigenvalue weighted by molar-refractivity contribution is -0.138. The summed E-state index contributed by atoms with van der Waals surface area (Å²) < 4.78 is 11.2. The molecule has 0 amide bonds. The summed E-state index contributed by atoms with van der Waals surface area (Å²) in [4.78, 5) is 11.8. The fourth-order valence-electron chi connectivity index (χ4n) is 2.77. The van der Waals surface area contributed by atoms with Crippen molar-refractivity contribution in [2.75, 3.05) is 13.2 Å². The van der Waals surface area contributed by atoms with Crippen molar-refractivity contribution in [3.05, 3.63) is 59.2 Å². The molecule has 1 unspecified atom stereocenters. The second kappa shape index (κ2) is 9.11. The molecule has 2 aromatic rings. The number of hydrogen-bond donors (Lipinski definition) is 1. The summed E-state index contributed by atoms with van der Waals surface area (Å²) in [6, 6.07) is 13.3. The first-order valence-electron chi connectivity index (χ1n) is 8.73. The highest BCUT2D eigenvalue weighted by atomic mass is 16.5. The van der Waals surface area contributed by atoms with Crippen molar-refractivity contribution >= 4 is 5.97 Å². The van der Waals surface area contributed by atoms with Crippen LogP contribution in [0.25, 0.3) is 0 Å². The van der Waals surface area contributed by atoms with Gasteiger partial charge in [-0.1, -0.05) is 31.2 Å². The molecule has 0 aromatic heterocycles. The lowest BCUT2D eigenvalue weighted by atomic mass is 9.91. The van der Waals surface area contributed by atoms with Crippen molar-refractivity contribution in [2.45, 2.75) is 39.5 Å². The third-order valence-corrected chi connectivity index (χ3v) is 4.01. The summed E-state index contributed by atoms with van der Waals surface area (Å²) in [5.74, 6) is 0.149. The topological polar surface area (TPSA) is 55.8 Å². The summed E-state index contributed by atoms with van der Waals surface area (Å²) >= 11 is 0. The maximum atomic E-state index is 11.8. The average molecular weight is 342 g/mol. The minimum atomic E-state index is -0.830. The molecular weight excluding hydrogens is 316 g/mol. The van der Waals surface area contributed by atoms with Gasteiger partial charge in [-0.2, -0.15) is 0 Å². The number of aliphatic carboxylic acids is 1. The Morgan fingerprint density at radius 1 is 1.12 bits per heavy atom. The Kier molecular flexibility index (Phi) is 6.87. The maximum Gasteiger partial charge on any atom is 0.311 e. The van der Waals surface area contributed by atoms with Gasteiger partial charge < -0.3 is 14.6 Å². The number of ether oxygens (including phenoxy) is 2. The molecule has 0 radical (unpaired) electrons. The predicted octanol–water partition coefficient (Wildman–Crippen LogP) is 4.59. The molecule has 2 aromatic carbocycles. The number of benzene rings is 2. The highest BCUT2D eigenvalue weighted by molar-refractivity contribution is 5.76. The van der Waals surface area contributed by atoms with Gasteiger partial charge >= 0.3 is 5.97 Å². The van der Waals surface area contributed by atoms with Gasteiger partial charge in [0.25, 0.3) is 0 Å². The summed E-state index contributed by atoms with van der Waals surface area (Å²) in [6.07, 6.45) is 1.36. The summed E-state index contributed by atoms with van der Waals surface area (Å²) in [6.45, 7) is 7.17. The van der Waals surface area contributed by atoms with Crippen LogP contribution >= 0.6 is 0 Å². The van der Waals surface area contributed by atoms with Crippen LogP contribution < -0.4 is 9.47 Å². The number of carboxylic acid groups (broad SMARTS) is 1. The van der Waals surface area contributed by atoms with Crippen molar-refractivity contribution in [2.24, 2.45) is 0 Å². The molecule has 1 atom stereocenters. The van der Waals surface area contributed by atoms with E-state index in [0.717, 1.165) is 34.6 Å². The van der Waals surface area contributed by atoms with Crippen LogP contribution in [0.15, 0.2) is 42.5 Å². The standard InChI is InChI=1S/C21H26O4/c1-4-11-25-18-8-6-7-16(13-18)14-19(21(22)23)17-9-10-20(24-5-2)15(3)12-17/h6-10,12-13,19H,4-5,11,14H2,1-3H3,(H,22,23). The van der Waals surface area contributed by atoms with Gasteiger partial charge in [-0.15, -0.1) is 0 Å². The van der Waals surface area contributed by atoms with Gasteiger partial charge in [-0.3, -0.25) is 4.79 Å². The smallest absolute Gasteiger partial charge is 0.311 e. The van der Waals surface area contributed by atoms with E-state index in [-0.39, 0.29) is 0 Å². The molecule has 0 aliphatic heterocycles. The largest absolute Gasteiger partial charge is 0.494 e. The van der Waals surface area contributed by atoms with Gasteiger partial charge in [0.1, 0.15) is 11.5 Å². The Morgan fingerprint density at radius 3 is 2.56 bits per heavy atom. The fourth-order valence-corrected chi connectivity index (χ4v) is 2.77. The number of carboxylic acids is 1. The van der Waals surface area contributed by atoms with Crippen LogP contribution in [0.1, 0.15) is 42.9 Å². The zero-order valence-electron chi connectivity index (χ0n) is 15.1. The molecule has 0 aliphatic rings. The normalized spacial score (nSPS) is 11.8. The predicted molar refractivity (Wildman–Crippen MR) is 98.7 cm³/mol. The maximum absolute atomic E-state index is 11.8. The van der Waals surface area contributed by atoms with E-state index in [0.29, 0.717) is 19.6 Å². The van der Waals surface area contributed by atoms with E-state index >= 15 is 0 Å². The molecule has 0 aliphatic carbocycles. The fraction of sp³-hybridized carbons (Fsp3) is 0.381. The van der Waals surface area contributed by atoms with Gasteiger partial charge in [0.2, 0.25) is 0 Å². The van der Waals surface area contributed by atoms with Gasteiger partial charge in [-0.25, -0.2) is 0 Å². The quantitative estimate of drug-likeness (QED) is 0.724. The zero-order chi connectivity index (χ0) is 18.2. The van der Waals surface area contributed by atoms with Crippen LogP contribution in [0.5, 0.6) is 11.5 Å². The van der Waals surface area contributed by atoms with Crippen molar-refractivity contribution in [3.63, 3.8) is 0 Å². The Bertz CT molecular complexity index is 709. The summed E-state index contributed by atoms with van der Waals surface area (Å²) in [7, 11) is 0. The Labute approximate surface area is 149 Å². The molecule has 0 fully saturated rings. The Hall–Kier alpha value is -2.49. The van der Waals surface area contributed by atoms with Gasteiger partial charge in [0, 0.05) is 0 Å². The van der Waals surface area contributed by atoms with Gasteiger partial charge in [0.15, 0.2) is 0 Å².